The summed E-state index contributed by atoms with van der Waals surface area (Å²) in [6.07, 6.45) is 16.6. The van der Waals surface area contributed by atoms with Gasteiger partial charge in [-0.15, -0.1) is 0 Å². The summed E-state index contributed by atoms with van der Waals surface area (Å²) in [7, 11) is 0. The molecule has 41 heavy (non-hydrogen) atoms. The van der Waals surface area contributed by atoms with E-state index in [1.807, 2.05) is 13.8 Å². The molecule has 0 spiro atoms. The van der Waals surface area contributed by atoms with Gasteiger partial charge in [0, 0.05) is 18.7 Å². The van der Waals surface area contributed by atoms with Crippen molar-refractivity contribution in [2.45, 2.75) is 129 Å². The van der Waals surface area contributed by atoms with Crippen LogP contribution in [0.25, 0.3) is 0 Å². The summed E-state index contributed by atoms with van der Waals surface area (Å²) in [6, 6.07) is 0. The Morgan fingerprint density at radius 3 is 2.56 bits per heavy atom. The average molecular weight is 576 g/mol. The largest absolute Gasteiger partial charge is 0.452 e. The van der Waals surface area contributed by atoms with Crippen LogP contribution in [0, 0.1) is 11.8 Å². The number of carbonyl (C=O) groups is 1. The van der Waals surface area contributed by atoms with Gasteiger partial charge in [-0.2, -0.15) is 0 Å². The summed E-state index contributed by atoms with van der Waals surface area (Å²) in [4.78, 5) is 28.0. The summed E-state index contributed by atoms with van der Waals surface area (Å²) in [6.45, 7) is 16.5. The number of esters is 1. The van der Waals surface area contributed by atoms with E-state index in [2.05, 4.69) is 32.7 Å². The molecule has 0 aliphatic carbocycles. The van der Waals surface area contributed by atoms with Crippen molar-refractivity contribution in [3.63, 3.8) is 0 Å². The molecule has 0 radical (unpaired) electrons. The average Bonchev–Trinajstić information content (AvgIpc) is 3.26. The summed E-state index contributed by atoms with van der Waals surface area (Å²) in [5.41, 5.74) is 2.12. The van der Waals surface area contributed by atoms with Crippen molar-refractivity contribution in [2.24, 2.45) is 16.8 Å². The molecule has 2 aliphatic rings. The van der Waals surface area contributed by atoms with Gasteiger partial charge in [0.15, 0.2) is 6.10 Å². The molecule has 0 saturated carbocycles. The highest BCUT2D eigenvalue weighted by Gasteiger charge is 2.31. The van der Waals surface area contributed by atoms with E-state index < -0.39 is 17.8 Å². The number of aliphatic imine (C=N–C) groups is 1. The molecule has 2 aliphatic heterocycles. The van der Waals surface area contributed by atoms with Gasteiger partial charge in [-0.05, 0) is 115 Å². The molecular formula is C34H57NO6. The van der Waals surface area contributed by atoms with Crippen LogP contribution in [0.1, 0.15) is 112 Å². The zero-order valence-electron chi connectivity index (χ0n) is 26.5. The van der Waals surface area contributed by atoms with Crippen LogP contribution in [0.4, 0.5) is 0 Å². The molecule has 0 aromatic carbocycles. The Morgan fingerprint density at radius 2 is 1.80 bits per heavy atom. The molecule has 0 bridgehead atoms. The van der Waals surface area contributed by atoms with Crippen molar-refractivity contribution in [3.05, 3.63) is 35.5 Å². The van der Waals surface area contributed by atoms with Crippen LogP contribution in [0.3, 0.4) is 0 Å². The normalized spacial score (nSPS) is 32.3. The molecular weight excluding hydrogens is 518 g/mol. The molecule has 234 valence electrons. The highest BCUT2D eigenvalue weighted by Crippen LogP contribution is 2.23. The van der Waals surface area contributed by atoms with Crippen molar-refractivity contribution in [1.82, 2.24) is 0 Å². The second kappa shape index (κ2) is 19.4. The summed E-state index contributed by atoms with van der Waals surface area (Å²) < 4.78 is 11.3. The SMILES string of the molecule is C=C1CCCC=NCC(C)C(C)CCCC=C(C)COOC(C2C=C(C)C(=O)O2)CCCOCC(C)(O)CCCC1. The monoisotopic (exact) mass is 575 g/mol. The zero-order valence-corrected chi connectivity index (χ0v) is 26.5. The van der Waals surface area contributed by atoms with Gasteiger partial charge in [0.1, 0.15) is 12.7 Å². The minimum absolute atomic E-state index is 0.286. The lowest BCUT2D eigenvalue weighted by Gasteiger charge is -2.24. The Morgan fingerprint density at radius 1 is 1.02 bits per heavy atom. The maximum Gasteiger partial charge on any atom is 0.334 e. The van der Waals surface area contributed by atoms with E-state index in [9.17, 15) is 9.90 Å². The minimum atomic E-state index is -0.862. The maximum absolute atomic E-state index is 12.0. The lowest BCUT2D eigenvalue weighted by molar-refractivity contribution is -0.330. The van der Waals surface area contributed by atoms with Crippen molar-refractivity contribution < 1.29 is 29.1 Å². The van der Waals surface area contributed by atoms with Gasteiger partial charge in [0.05, 0.1) is 12.2 Å². The highest BCUT2D eigenvalue weighted by molar-refractivity contribution is 5.90. The van der Waals surface area contributed by atoms with Crippen LogP contribution in [0.5, 0.6) is 0 Å². The molecule has 7 heteroatoms. The molecule has 5 atom stereocenters. The van der Waals surface area contributed by atoms with E-state index in [0.717, 1.165) is 63.5 Å². The number of hydrogen-bond donors (Lipinski definition) is 1. The van der Waals surface area contributed by atoms with Gasteiger partial charge in [-0.3, -0.25) is 4.99 Å². The topological polar surface area (TPSA) is 86.6 Å². The fraction of sp³-hybridized carbons (Fsp3) is 0.765. The molecule has 0 fully saturated rings. The number of cyclic esters (lactones) is 1. The third kappa shape index (κ3) is 15.3. The fourth-order valence-corrected chi connectivity index (χ4v) is 5.07. The van der Waals surface area contributed by atoms with Crippen LogP contribution in [-0.2, 0) is 24.0 Å². The van der Waals surface area contributed by atoms with Gasteiger partial charge in [0.25, 0.3) is 0 Å². The first kappa shape index (κ1) is 35.4. The lowest BCUT2D eigenvalue weighted by Crippen LogP contribution is -2.32. The van der Waals surface area contributed by atoms with Crippen molar-refractivity contribution >= 4 is 12.2 Å². The fourth-order valence-electron chi connectivity index (χ4n) is 5.07. The Kier molecular flexibility index (Phi) is 16.7. The number of rotatable bonds is 1. The third-order valence-corrected chi connectivity index (χ3v) is 8.22. The van der Waals surface area contributed by atoms with E-state index in [1.54, 1.807) is 13.0 Å². The van der Waals surface area contributed by atoms with Gasteiger partial charge in [0.2, 0.25) is 0 Å². The van der Waals surface area contributed by atoms with E-state index >= 15 is 0 Å². The van der Waals surface area contributed by atoms with Crippen LogP contribution in [0.2, 0.25) is 0 Å². The molecule has 0 saturated heterocycles. The third-order valence-electron chi connectivity index (χ3n) is 8.22. The van der Waals surface area contributed by atoms with E-state index in [0.29, 0.717) is 49.9 Å². The quantitative estimate of drug-likeness (QED) is 0.198. The van der Waals surface area contributed by atoms with E-state index in [-0.39, 0.29) is 12.6 Å². The van der Waals surface area contributed by atoms with Crippen LogP contribution < -0.4 is 0 Å². The number of hydrogen-bond acceptors (Lipinski definition) is 7. The Hall–Kier alpha value is -1.80. The summed E-state index contributed by atoms with van der Waals surface area (Å²) in [5.74, 6) is 0.878. The number of allylic oxidation sites excluding steroid dienone is 2. The molecule has 1 N–H and O–H groups in total. The standard InChI is InChI=1S/C34H57NO6/c1-26-14-9-11-19-34(6,37)25-38-21-13-18-31(32-22-29(4)33(36)40-32)41-39-24-27(2)16-7-8-17-28(3)30(5)23-35-20-12-10-15-26/h16,20,22,28,30-32,37H,1,7-15,17-19,21,23-25H2,2-6H3. The maximum atomic E-state index is 12.0. The second-order valence-corrected chi connectivity index (χ2v) is 12.6. The number of carbonyl (C=O) groups excluding carboxylic acids is 1. The van der Waals surface area contributed by atoms with Crippen LogP contribution in [0.15, 0.2) is 40.4 Å². The number of aliphatic hydroxyl groups is 1. The van der Waals surface area contributed by atoms with Crippen molar-refractivity contribution in [3.8, 4) is 0 Å². The predicted octanol–water partition coefficient (Wildman–Crippen LogP) is 7.48. The zero-order chi connectivity index (χ0) is 30.1. The first-order valence-electron chi connectivity index (χ1n) is 15.9. The Labute approximate surface area is 249 Å². The van der Waals surface area contributed by atoms with Crippen molar-refractivity contribution in [2.75, 3.05) is 26.4 Å². The van der Waals surface area contributed by atoms with Crippen LogP contribution in [-0.4, -0.2) is 61.5 Å². The highest BCUT2D eigenvalue weighted by atomic mass is 17.2. The van der Waals surface area contributed by atoms with Gasteiger partial charge in [-0.1, -0.05) is 44.9 Å². The number of nitrogens with zero attached hydrogens (tertiary/aromatic N) is 1. The molecule has 0 aromatic heterocycles. The molecule has 2 heterocycles. The molecule has 2 rings (SSSR count). The Balaban J connectivity index is 1.93. The van der Waals surface area contributed by atoms with Gasteiger partial charge >= 0.3 is 5.97 Å². The van der Waals surface area contributed by atoms with Gasteiger partial charge in [-0.25, -0.2) is 14.6 Å². The summed E-state index contributed by atoms with van der Waals surface area (Å²) >= 11 is 0. The molecule has 0 aromatic rings. The molecule has 5 unspecified atom stereocenters. The Bertz CT molecular complexity index is 876. The minimum Gasteiger partial charge on any atom is -0.452 e. The van der Waals surface area contributed by atoms with E-state index in [1.165, 1.54) is 12.0 Å². The smallest absolute Gasteiger partial charge is 0.334 e. The number of ether oxygens (including phenoxy) is 2. The predicted molar refractivity (Wildman–Crippen MR) is 166 cm³/mol. The van der Waals surface area contributed by atoms with Gasteiger partial charge < -0.3 is 14.6 Å². The summed E-state index contributed by atoms with van der Waals surface area (Å²) in [5, 5.41) is 10.8. The molecule has 0 amide bonds. The second-order valence-electron chi connectivity index (χ2n) is 12.6. The molecule has 7 nitrogen and oxygen atoms in total. The van der Waals surface area contributed by atoms with Crippen molar-refractivity contribution in [1.29, 1.82) is 0 Å². The van der Waals surface area contributed by atoms with Crippen LogP contribution >= 0.6 is 0 Å². The lowest BCUT2D eigenvalue weighted by atomic mass is 9.91. The first-order valence-corrected chi connectivity index (χ1v) is 15.9. The van der Waals surface area contributed by atoms with E-state index in [4.69, 9.17) is 24.2 Å². The first-order chi connectivity index (χ1) is 19.6.